The molecule has 0 bridgehead atoms. The minimum Gasteiger partial charge on any atom is -0.501 e. The first-order valence-electron chi connectivity index (χ1n) is 7.85. The minimum absolute atomic E-state index is 0.0901. The fourth-order valence-corrected chi connectivity index (χ4v) is 3.12. The number of hydrogen-bond donors (Lipinski definition) is 3. The molecule has 0 unspecified atom stereocenters. The summed E-state index contributed by atoms with van der Waals surface area (Å²) >= 11 is 0.779. The number of hydrogen-bond acceptors (Lipinski definition) is 9. The monoisotopic (exact) mass is 402 g/mol. The van der Waals surface area contributed by atoms with Gasteiger partial charge in [-0.1, -0.05) is 29.5 Å². The highest BCUT2D eigenvalue weighted by Gasteiger charge is 2.22. The second-order valence-electron chi connectivity index (χ2n) is 5.46. The molecule has 3 aromatic rings. The Hall–Kier alpha value is -3.73. The van der Waals surface area contributed by atoms with E-state index in [9.17, 15) is 25.1 Å². The summed E-state index contributed by atoms with van der Waals surface area (Å²) in [7, 11) is 1.50. The molecule has 0 saturated heterocycles. The van der Waals surface area contributed by atoms with E-state index >= 15 is 0 Å². The van der Waals surface area contributed by atoms with Crippen LogP contribution >= 0.6 is 11.3 Å². The molecule has 0 radical (unpaired) electrons. The lowest BCUT2D eigenvalue weighted by molar-refractivity contribution is -0.380. The highest BCUT2D eigenvalue weighted by atomic mass is 32.1. The molecule has 3 rings (SSSR count). The van der Waals surface area contributed by atoms with Crippen molar-refractivity contribution in [2.45, 2.75) is 6.54 Å². The molecule has 0 atom stereocenters. The average Bonchev–Trinajstić information content (AvgIpc) is 3.19. The SMILES string of the molecule is COc1ccccc1CNC(=O)c1nc(-c2ccc([N+](=O)[O-])s2)nc(O)c1O. The Bertz CT molecular complexity index is 1050. The predicted octanol–water partition coefficient (Wildman–Crippen LogP) is 2.46. The van der Waals surface area contributed by atoms with Crippen molar-refractivity contribution in [3.8, 4) is 28.1 Å². The largest absolute Gasteiger partial charge is 0.501 e. The number of benzene rings is 1. The number of thiophene rings is 1. The van der Waals surface area contributed by atoms with Crippen LogP contribution < -0.4 is 10.1 Å². The van der Waals surface area contributed by atoms with Crippen molar-refractivity contribution in [3.63, 3.8) is 0 Å². The number of rotatable bonds is 6. The van der Waals surface area contributed by atoms with Crippen LogP contribution in [0.25, 0.3) is 10.7 Å². The van der Waals surface area contributed by atoms with Crippen molar-refractivity contribution in [1.29, 1.82) is 0 Å². The van der Waals surface area contributed by atoms with Crippen molar-refractivity contribution in [3.05, 3.63) is 57.8 Å². The number of para-hydroxylation sites is 1. The first-order valence-corrected chi connectivity index (χ1v) is 8.67. The first-order chi connectivity index (χ1) is 13.4. The molecule has 0 aliphatic rings. The van der Waals surface area contributed by atoms with Crippen LogP contribution in [0.1, 0.15) is 16.1 Å². The van der Waals surface area contributed by atoms with Gasteiger partial charge in [0.25, 0.3) is 11.8 Å². The van der Waals surface area contributed by atoms with E-state index in [0.717, 1.165) is 11.3 Å². The first kappa shape index (κ1) is 19.0. The molecule has 10 nitrogen and oxygen atoms in total. The fourth-order valence-electron chi connectivity index (χ4n) is 2.37. The van der Waals surface area contributed by atoms with Crippen LogP contribution in [-0.2, 0) is 6.54 Å². The second-order valence-corrected chi connectivity index (χ2v) is 6.52. The van der Waals surface area contributed by atoms with E-state index in [4.69, 9.17) is 4.74 Å². The number of methoxy groups -OCH3 is 1. The van der Waals surface area contributed by atoms with Gasteiger partial charge < -0.3 is 20.3 Å². The molecule has 0 aliphatic carbocycles. The molecule has 0 spiro atoms. The number of aromatic hydroxyl groups is 2. The maximum Gasteiger partial charge on any atom is 0.324 e. The van der Waals surface area contributed by atoms with Gasteiger partial charge in [-0.3, -0.25) is 14.9 Å². The lowest BCUT2D eigenvalue weighted by atomic mass is 10.2. The maximum atomic E-state index is 12.5. The van der Waals surface area contributed by atoms with Gasteiger partial charge in [0, 0.05) is 18.2 Å². The van der Waals surface area contributed by atoms with Gasteiger partial charge in [0.1, 0.15) is 5.75 Å². The summed E-state index contributed by atoms with van der Waals surface area (Å²) in [5.41, 5.74) is 0.249. The van der Waals surface area contributed by atoms with Crippen LogP contribution in [0.4, 0.5) is 5.00 Å². The third kappa shape index (κ3) is 3.83. The van der Waals surface area contributed by atoms with Crippen LogP contribution in [0, 0.1) is 10.1 Å². The highest BCUT2D eigenvalue weighted by Crippen LogP contribution is 2.34. The number of nitrogens with one attached hydrogen (secondary N) is 1. The number of aromatic nitrogens is 2. The fraction of sp³-hybridized carbons (Fsp3) is 0.118. The van der Waals surface area contributed by atoms with Gasteiger partial charge in [0.05, 0.1) is 16.9 Å². The molecule has 3 N–H and O–H groups in total. The summed E-state index contributed by atoms with van der Waals surface area (Å²) in [6.07, 6.45) is 0. The molecular weight excluding hydrogens is 388 g/mol. The molecule has 0 fully saturated rings. The molecule has 11 heteroatoms. The number of amides is 1. The van der Waals surface area contributed by atoms with Crippen molar-refractivity contribution in [2.24, 2.45) is 0 Å². The van der Waals surface area contributed by atoms with Crippen LogP contribution in [0.15, 0.2) is 36.4 Å². The van der Waals surface area contributed by atoms with Gasteiger partial charge >= 0.3 is 5.00 Å². The summed E-state index contributed by atoms with van der Waals surface area (Å²) < 4.78 is 5.20. The molecule has 28 heavy (non-hydrogen) atoms. The summed E-state index contributed by atoms with van der Waals surface area (Å²) in [6.45, 7) is 0.0901. The Morgan fingerprint density at radius 3 is 2.68 bits per heavy atom. The van der Waals surface area contributed by atoms with E-state index in [1.54, 1.807) is 24.3 Å². The Balaban J connectivity index is 1.87. The van der Waals surface area contributed by atoms with Crippen molar-refractivity contribution >= 4 is 22.2 Å². The van der Waals surface area contributed by atoms with Gasteiger partial charge in [0.15, 0.2) is 11.5 Å². The number of nitrogens with zero attached hydrogens (tertiary/aromatic N) is 3. The van der Waals surface area contributed by atoms with E-state index in [-0.39, 0.29) is 22.2 Å². The zero-order chi connectivity index (χ0) is 20.3. The van der Waals surface area contributed by atoms with E-state index in [1.165, 1.54) is 19.2 Å². The smallest absolute Gasteiger partial charge is 0.324 e. The molecule has 1 amide bonds. The third-order valence-corrected chi connectivity index (χ3v) is 4.74. The molecule has 1 aromatic carbocycles. The van der Waals surface area contributed by atoms with Crippen molar-refractivity contribution in [2.75, 3.05) is 7.11 Å². The standard InChI is InChI=1S/C17H14N4O6S/c1-27-10-5-3-2-4-9(10)8-18-16(23)13-14(22)17(24)20-15(19-13)11-6-7-12(28-11)21(25)26/h2-7,22H,8H2,1H3,(H,18,23)(H,19,20,24). The molecule has 0 aliphatic heterocycles. The van der Waals surface area contributed by atoms with E-state index in [0.29, 0.717) is 11.3 Å². The summed E-state index contributed by atoms with van der Waals surface area (Å²) in [5.74, 6) is -1.88. The van der Waals surface area contributed by atoms with Crippen molar-refractivity contribution < 1.29 is 24.7 Å². The quantitative estimate of drug-likeness (QED) is 0.421. The van der Waals surface area contributed by atoms with Crippen molar-refractivity contribution in [1.82, 2.24) is 15.3 Å². The second kappa shape index (κ2) is 7.88. The average molecular weight is 402 g/mol. The van der Waals surface area contributed by atoms with Crippen LogP contribution in [-0.4, -0.2) is 38.1 Å². The highest BCUT2D eigenvalue weighted by molar-refractivity contribution is 7.18. The van der Waals surface area contributed by atoms with Crippen LogP contribution in [0.2, 0.25) is 0 Å². The van der Waals surface area contributed by atoms with E-state index in [1.807, 2.05) is 0 Å². The summed E-state index contributed by atoms with van der Waals surface area (Å²) in [5, 5.41) is 33.1. The molecule has 2 aromatic heterocycles. The zero-order valence-corrected chi connectivity index (χ0v) is 15.3. The summed E-state index contributed by atoms with van der Waals surface area (Å²) in [6, 6.07) is 9.70. The van der Waals surface area contributed by atoms with Gasteiger partial charge in [-0.15, -0.1) is 0 Å². The molecular formula is C17H14N4O6S. The van der Waals surface area contributed by atoms with E-state index < -0.39 is 28.2 Å². The van der Waals surface area contributed by atoms with Crippen LogP contribution in [0.5, 0.6) is 17.4 Å². The Morgan fingerprint density at radius 2 is 2.00 bits per heavy atom. The maximum absolute atomic E-state index is 12.5. The summed E-state index contributed by atoms with van der Waals surface area (Å²) in [4.78, 5) is 30.6. The van der Waals surface area contributed by atoms with Crippen LogP contribution in [0.3, 0.4) is 0 Å². The third-order valence-electron chi connectivity index (χ3n) is 3.70. The Morgan fingerprint density at radius 1 is 1.25 bits per heavy atom. The van der Waals surface area contributed by atoms with Gasteiger partial charge in [-0.05, 0) is 12.1 Å². The van der Waals surface area contributed by atoms with Gasteiger partial charge in [0.2, 0.25) is 5.75 Å². The van der Waals surface area contributed by atoms with Gasteiger partial charge in [-0.25, -0.2) is 4.98 Å². The number of carbonyl (C=O) groups excluding carboxylic acids is 1. The molecule has 2 heterocycles. The lowest BCUT2D eigenvalue weighted by Gasteiger charge is -2.10. The predicted molar refractivity (Wildman–Crippen MR) is 99.5 cm³/mol. The zero-order valence-electron chi connectivity index (χ0n) is 14.4. The number of carbonyl (C=O) groups is 1. The van der Waals surface area contributed by atoms with E-state index in [2.05, 4.69) is 15.3 Å². The Labute approximate surface area is 162 Å². The molecule has 144 valence electrons. The molecule has 0 saturated carbocycles. The van der Waals surface area contributed by atoms with Gasteiger partial charge in [-0.2, -0.15) is 4.98 Å². The number of nitro groups is 1. The lowest BCUT2D eigenvalue weighted by Crippen LogP contribution is -2.24. The normalized spacial score (nSPS) is 10.5. The number of ether oxygens (including phenoxy) is 1. The minimum atomic E-state index is -0.802. The topological polar surface area (TPSA) is 148 Å². The Kier molecular flexibility index (Phi) is 5.36.